The lowest BCUT2D eigenvalue weighted by molar-refractivity contribution is 0.339. The molecular weight excluding hydrogens is 150 g/mol. The Morgan fingerprint density at radius 3 is 2.42 bits per heavy atom. The Kier molecular flexibility index (Phi) is 5.69. The van der Waals surface area contributed by atoms with E-state index in [9.17, 15) is 0 Å². The highest BCUT2D eigenvalue weighted by atomic mass is 15.1. The van der Waals surface area contributed by atoms with Crippen molar-refractivity contribution in [2.24, 2.45) is 0 Å². The van der Waals surface area contributed by atoms with E-state index < -0.39 is 0 Å². The molecule has 3 nitrogen and oxygen atoms in total. The molecule has 1 N–H and O–H groups in total. The number of nitrogens with zero attached hydrogens (tertiary/aromatic N) is 2. The fraction of sp³-hybridized carbons (Fsp3) is 0.889. The Morgan fingerprint density at radius 1 is 1.50 bits per heavy atom. The average molecular weight is 169 g/mol. The molecule has 0 aromatic heterocycles. The van der Waals surface area contributed by atoms with Crippen LogP contribution < -0.4 is 5.32 Å². The van der Waals surface area contributed by atoms with Gasteiger partial charge < -0.3 is 4.90 Å². The molecule has 0 aromatic carbocycles. The van der Waals surface area contributed by atoms with Crippen LogP contribution in [0.25, 0.3) is 0 Å². The minimum Gasteiger partial charge on any atom is -0.308 e. The quantitative estimate of drug-likeness (QED) is 0.662. The summed E-state index contributed by atoms with van der Waals surface area (Å²) in [4.78, 5) is 2.11. The van der Waals surface area contributed by atoms with Crippen molar-refractivity contribution in [2.75, 3.05) is 20.6 Å². The lowest BCUT2D eigenvalue weighted by Crippen LogP contribution is -2.41. The normalized spacial score (nSPS) is 15.7. The van der Waals surface area contributed by atoms with Crippen molar-refractivity contribution in [2.45, 2.75) is 32.4 Å². The maximum atomic E-state index is 8.68. The summed E-state index contributed by atoms with van der Waals surface area (Å²) < 4.78 is 0. The number of likely N-dealkylation sites (N-methyl/N-ethyl adjacent to an activating group) is 1. The molecule has 0 saturated carbocycles. The number of hydrogen-bond donors (Lipinski definition) is 1. The van der Waals surface area contributed by atoms with E-state index in [1.165, 1.54) is 0 Å². The average Bonchev–Trinajstić information content (AvgIpc) is 1.98. The van der Waals surface area contributed by atoms with E-state index in [1.54, 1.807) is 0 Å². The largest absolute Gasteiger partial charge is 0.308 e. The van der Waals surface area contributed by atoms with Crippen LogP contribution in [0.5, 0.6) is 0 Å². The maximum absolute atomic E-state index is 8.68. The van der Waals surface area contributed by atoms with Crippen LogP contribution in [0.2, 0.25) is 0 Å². The summed E-state index contributed by atoms with van der Waals surface area (Å²) in [7, 11) is 4.07. The molecule has 0 amide bonds. The molecule has 0 spiro atoms. The first-order valence-corrected chi connectivity index (χ1v) is 4.40. The van der Waals surface area contributed by atoms with E-state index in [4.69, 9.17) is 5.26 Å². The van der Waals surface area contributed by atoms with Gasteiger partial charge in [0.1, 0.15) is 0 Å². The second kappa shape index (κ2) is 5.99. The highest BCUT2D eigenvalue weighted by molar-refractivity contribution is 4.90. The number of nitriles is 1. The third-order valence-electron chi connectivity index (χ3n) is 1.69. The lowest BCUT2D eigenvalue weighted by Gasteiger charge is -2.20. The number of nitrogens with one attached hydrogen (secondary N) is 1. The molecule has 12 heavy (non-hydrogen) atoms. The van der Waals surface area contributed by atoms with E-state index in [1.807, 2.05) is 21.0 Å². The Bertz CT molecular complexity index is 148. The van der Waals surface area contributed by atoms with Gasteiger partial charge in [0.25, 0.3) is 0 Å². The van der Waals surface area contributed by atoms with Crippen LogP contribution in [0.4, 0.5) is 0 Å². The molecule has 0 aliphatic rings. The minimum atomic E-state index is -0.0000463. The fourth-order valence-corrected chi connectivity index (χ4v) is 1.19. The minimum absolute atomic E-state index is 0.0000463. The zero-order chi connectivity index (χ0) is 9.56. The molecule has 0 heterocycles. The van der Waals surface area contributed by atoms with E-state index in [0.29, 0.717) is 6.04 Å². The molecule has 3 heteroatoms. The Hall–Kier alpha value is -0.590. The Morgan fingerprint density at radius 2 is 2.08 bits per heavy atom. The van der Waals surface area contributed by atoms with Crippen molar-refractivity contribution in [3.05, 3.63) is 0 Å². The van der Waals surface area contributed by atoms with Crippen molar-refractivity contribution >= 4 is 0 Å². The van der Waals surface area contributed by atoms with E-state index in [2.05, 4.69) is 23.2 Å². The first kappa shape index (κ1) is 11.4. The van der Waals surface area contributed by atoms with Crippen molar-refractivity contribution in [1.82, 2.24) is 10.2 Å². The second-order valence-electron chi connectivity index (χ2n) is 3.42. The van der Waals surface area contributed by atoms with E-state index in [0.717, 1.165) is 13.0 Å². The van der Waals surface area contributed by atoms with E-state index >= 15 is 0 Å². The van der Waals surface area contributed by atoms with Gasteiger partial charge in [0.05, 0.1) is 12.1 Å². The molecule has 0 aliphatic carbocycles. The summed E-state index contributed by atoms with van der Waals surface area (Å²) >= 11 is 0. The molecule has 2 atom stereocenters. The third-order valence-corrected chi connectivity index (χ3v) is 1.69. The van der Waals surface area contributed by atoms with Gasteiger partial charge in [-0.25, -0.2) is 0 Å². The van der Waals surface area contributed by atoms with Gasteiger partial charge in [0.2, 0.25) is 0 Å². The molecule has 0 saturated heterocycles. The topological polar surface area (TPSA) is 39.1 Å². The van der Waals surface area contributed by atoms with Gasteiger partial charge in [-0.3, -0.25) is 5.32 Å². The van der Waals surface area contributed by atoms with Crippen molar-refractivity contribution < 1.29 is 0 Å². The van der Waals surface area contributed by atoms with Crippen LogP contribution in [-0.2, 0) is 0 Å². The molecule has 0 radical (unpaired) electrons. The van der Waals surface area contributed by atoms with Crippen LogP contribution in [0.15, 0.2) is 0 Å². The van der Waals surface area contributed by atoms with Crippen LogP contribution in [0, 0.1) is 11.3 Å². The highest BCUT2D eigenvalue weighted by Gasteiger charge is 2.08. The van der Waals surface area contributed by atoms with E-state index in [-0.39, 0.29) is 6.04 Å². The molecule has 2 unspecified atom stereocenters. The summed E-state index contributed by atoms with van der Waals surface area (Å²) in [6.07, 6.45) is 0.869. The van der Waals surface area contributed by atoms with Gasteiger partial charge in [0, 0.05) is 12.6 Å². The summed E-state index contributed by atoms with van der Waals surface area (Å²) in [5, 5.41) is 11.9. The summed E-state index contributed by atoms with van der Waals surface area (Å²) in [5.74, 6) is 0. The molecule has 0 aliphatic heterocycles. The van der Waals surface area contributed by atoms with Gasteiger partial charge in [0.15, 0.2) is 0 Å². The first-order chi connectivity index (χ1) is 5.60. The molecule has 0 fully saturated rings. The third kappa shape index (κ3) is 5.11. The van der Waals surface area contributed by atoms with Crippen LogP contribution in [0.3, 0.4) is 0 Å². The predicted molar refractivity (Wildman–Crippen MR) is 50.8 cm³/mol. The SMILES string of the molecule is CCC(C#N)NC(C)CN(C)C. The molecule has 70 valence electrons. The van der Waals surface area contributed by atoms with Crippen molar-refractivity contribution in [1.29, 1.82) is 5.26 Å². The van der Waals surface area contributed by atoms with Gasteiger partial charge in [-0.15, -0.1) is 0 Å². The second-order valence-corrected chi connectivity index (χ2v) is 3.42. The maximum Gasteiger partial charge on any atom is 0.0952 e. The molecule has 0 aromatic rings. The zero-order valence-electron chi connectivity index (χ0n) is 8.46. The standard InChI is InChI=1S/C9H19N3/c1-5-9(6-10)11-8(2)7-12(3)4/h8-9,11H,5,7H2,1-4H3. The molecule has 0 rings (SSSR count). The number of rotatable bonds is 5. The van der Waals surface area contributed by atoms with Gasteiger partial charge in [-0.1, -0.05) is 6.92 Å². The zero-order valence-corrected chi connectivity index (χ0v) is 8.46. The Balaban J connectivity index is 3.68. The van der Waals surface area contributed by atoms with Gasteiger partial charge >= 0.3 is 0 Å². The summed E-state index contributed by atoms with van der Waals surface area (Å²) in [6.45, 7) is 5.08. The van der Waals surface area contributed by atoms with Gasteiger partial charge in [-0.2, -0.15) is 5.26 Å². The first-order valence-electron chi connectivity index (χ1n) is 4.40. The summed E-state index contributed by atoms with van der Waals surface area (Å²) in [6, 6.07) is 2.61. The van der Waals surface area contributed by atoms with Crippen LogP contribution in [-0.4, -0.2) is 37.6 Å². The monoisotopic (exact) mass is 169 g/mol. The Labute approximate surface area is 75.4 Å². The summed E-state index contributed by atoms with van der Waals surface area (Å²) in [5.41, 5.74) is 0. The van der Waals surface area contributed by atoms with Crippen molar-refractivity contribution in [3.63, 3.8) is 0 Å². The smallest absolute Gasteiger partial charge is 0.0952 e. The van der Waals surface area contributed by atoms with Crippen LogP contribution in [0.1, 0.15) is 20.3 Å². The highest BCUT2D eigenvalue weighted by Crippen LogP contribution is 1.92. The molecule has 0 bridgehead atoms. The van der Waals surface area contributed by atoms with Crippen molar-refractivity contribution in [3.8, 4) is 6.07 Å². The molecular formula is C9H19N3. The lowest BCUT2D eigenvalue weighted by atomic mass is 10.2. The number of hydrogen-bond acceptors (Lipinski definition) is 3. The predicted octanol–water partition coefficient (Wildman–Crippen LogP) is 0.828. The fourth-order valence-electron chi connectivity index (χ4n) is 1.19. The van der Waals surface area contributed by atoms with Crippen LogP contribution >= 0.6 is 0 Å². The van der Waals surface area contributed by atoms with Gasteiger partial charge in [-0.05, 0) is 27.4 Å².